The van der Waals surface area contributed by atoms with Gasteiger partial charge in [0.15, 0.2) is 0 Å². The van der Waals surface area contributed by atoms with Gasteiger partial charge in [0.25, 0.3) is 0 Å². The van der Waals surface area contributed by atoms with Crippen molar-refractivity contribution >= 4 is 23.0 Å². The van der Waals surface area contributed by atoms with Crippen LogP contribution in [0.25, 0.3) is 11.0 Å². The Hall–Kier alpha value is -4.04. The Kier molecular flexibility index (Phi) is 8.22. The minimum Gasteiger partial charge on any atom is -0.481 e. The van der Waals surface area contributed by atoms with Crippen LogP contribution in [0.15, 0.2) is 60.7 Å². The molecular formula is C30H33N3O5. The Morgan fingerprint density at radius 2 is 1.79 bits per heavy atom. The van der Waals surface area contributed by atoms with Crippen LogP contribution in [0.4, 0.5) is 0 Å². The Labute approximate surface area is 221 Å². The molecule has 8 nitrogen and oxygen atoms in total. The molecule has 3 aromatic carbocycles. The number of aromatic nitrogens is 3. The highest BCUT2D eigenvalue weighted by molar-refractivity contribution is 5.87. The van der Waals surface area contributed by atoms with E-state index in [0.29, 0.717) is 24.0 Å². The topological polar surface area (TPSA) is 115 Å². The minimum absolute atomic E-state index is 0.0975. The zero-order chi connectivity index (χ0) is 27.3. The Morgan fingerprint density at radius 3 is 2.47 bits per heavy atom. The van der Waals surface area contributed by atoms with Crippen LogP contribution in [-0.4, -0.2) is 37.1 Å². The van der Waals surface area contributed by atoms with Crippen molar-refractivity contribution in [3.05, 3.63) is 94.0 Å². The molecule has 1 atom stereocenters. The third kappa shape index (κ3) is 5.45. The summed E-state index contributed by atoms with van der Waals surface area (Å²) in [7, 11) is 0. The standard InChI is InChI=1S/C30H33N3O5/c1-4-30(29(36)37,17-23-11-10-20(2)24(16-23)18-34)25-12-13-26-28(21(25)3)31-32-33(26)15-14-27(35)38-19-22-8-6-5-7-9-22/h5-13,16,34H,4,14-15,17-19H2,1-3H3,(H,36,37). The van der Waals surface area contributed by atoms with Gasteiger partial charge in [-0.2, -0.15) is 0 Å². The number of carboxylic acids is 1. The van der Waals surface area contributed by atoms with E-state index in [1.54, 1.807) is 4.68 Å². The highest BCUT2D eigenvalue weighted by Crippen LogP contribution is 2.37. The number of hydrogen-bond donors (Lipinski definition) is 2. The number of nitrogens with zero attached hydrogens (tertiary/aromatic N) is 3. The number of ether oxygens (including phenoxy) is 1. The van der Waals surface area contributed by atoms with E-state index in [0.717, 1.165) is 33.3 Å². The normalized spacial score (nSPS) is 12.8. The van der Waals surface area contributed by atoms with E-state index in [4.69, 9.17) is 4.74 Å². The van der Waals surface area contributed by atoms with Crippen molar-refractivity contribution < 1.29 is 24.5 Å². The van der Waals surface area contributed by atoms with Gasteiger partial charge in [0.2, 0.25) is 0 Å². The summed E-state index contributed by atoms with van der Waals surface area (Å²) >= 11 is 0. The fourth-order valence-corrected chi connectivity index (χ4v) is 4.96. The van der Waals surface area contributed by atoms with Crippen molar-refractivity contribution in [3.8, 4) is 0 Å². The van der Waals surface area contributed by atoms with Crippen molar-refractivity contribution in [2.24, 2.45) is 0 Å². The molecule has 2 N–H and O–H groups in total. The predicted molar refractivity (Wildman–Crippen MR) is 144 cm³/mol. The molecule has 1 aromatic heterocycles. The average molecular weight is 516 g/mol. The van der Waals surface area contributed by atoms with E-state index in [-0.39, 0.29) is 32.0 Å². The number of carboxylic acid groups (broad SMARTS) is 1. The van der Waals surface area contributed by atoms with Crippen molar-refractivity contribution in [3.63, 3.8) is 0 Å². The van der Waals surface area contributed by atoms with Crippen molar-refractivity contribution in [1.82, 2.24) is 15.0 Å². The molecule has 0 aliphatic heterocycles. The maximum absolute atomic E-state index is 12.8. The molecule has 1 unspecified atom stereocenters. The van der Waals surface area contributed by atoms with Gasteiger partial charge in [-0.1, -0.05) is 66.7 Å². The third-order valence-corrected chi connectivity index (χ3v) is 7.33. The first kappa shape index (κ1) is 27.0. The third-order valence-electron chi connectivity index (χ3n) is 7.33. The number of aliphatic hydroxyl groups excluding tert-OH is 1. The van der Waals surface area contributed by atoms with Crippen molar-refractivity contribution in [2.45, 2.75) is 65.2 Å². The van der Waals surface area contributed by atoms with Crippen LogP contribution in [0.5, 0.6) is 0 Å². The predicted octanol–water partition coefficient (Wildman–Crippen LogP) is 4.65. The van der Waals surface area contributed by atoms with Gasteiger partial charge >= 0.3 is 11.9 Å². The summed E-state index contributed by atoms with van der Waals surface area (Å²) in [6.07, 6.45) is 0.791. The molecule has 8 heteroatoms. The summed E-state index contributed by atoms with van der Waals surface area (Å²) < 4.78 is 7.02. The van der Waals surface area contributed by atoms with Crippen LogP contribution < -0.4 is 0 Å². The van der Waals surface area contributed by atoms with Gasteiger partial charge in [-0.25, -0.2) is 4.68 Å². The molecule has 4 aromatic rings. The molecule has 4 rings (SSSR count). The second-order valence-corrected chi connectivity index (χ2v) is 9.65. The first-order valence-electron chi connectivity index (χ1n) is 12.7. The Bertz CT molecular complexity index is 1450. The number of hydrogen-bond acceptors (Lipinski definition) is 6. The van der Waals surface area contributed by atoms with E-state index in [1.165, 1.54) is 0 Å². The van der Waals surface area contributed by atoms with Crippen LogP contribution in [0.2, 0.25) is 0 Å². The van der Waals surface area contributed by atoms with Gasteiger partial charge in [0, 0.05) is 0 Å². The average Bonchev–Trinajstić information content (AvgIpc) is 3.35. The largest absolute Gasteiger partial charge is 0.481 e. The second kappa shape index (κ2) is 11.6. The number of rotatable bonds is 11. The molecule has 0 spiro atoms. The van der Waals surface area contributed by atoms with Gasteiger partial charge in [0.1, 0.15) is 12.1 Å². The van der Waals surface area contributed by atoms with E-state index in [9.17, 15) is 19.8 Å². The number of carbonyl (C=O) groups excluding carboxylic acids is 1. The molecule has 0 aliphatic rings. The molecule has 0 radical (unpaired) electrons. The van der Waals surface area contributed by atoms with E-state index < -0.39 is 11.4 Å². The molecule has 198 valence electrons. The van der Waals surface area contributed by atoms with E-state index >= 15 is 0 Å². The summed E-state index contributed by atoms with van der Waals surface area (Å²) in [4.78, 5) is 25.1. The molecule has 0 saturated heterocycles. The van der Waals surface area contributed by atoms with Crippen molar-refractivity contribution in [2.75, 3.05) is 0 Å². The first-order valence-corrected chi connectivity index (χ1v) is 12.7. The van der Waals surface area contributed by atoms with Crippen LogP contribution >= 0.6 is 0 Å². The molecule has 0 aliphatic carbocycles. The minimum atomic E-state index is -1.18. The lowest BCUT2D eigenvalue weighted by atomic mass is 9.71. The molecule has 0 saturated carbocycles. The quantitative estimate of drug-likeness (QED) is 0.280. The highest BCUT2D eigenvalue weighted by Gasteiger charge is 2.40. The Morgan fingerprint density at radius 1 is 1.03 bits per heavy atom. The molecule has 0 amide bonds. The monoisotopic (exact) mass is 515 g/mol. The zero-order valence-electron chi connectivity index (χ0n) is 22.0. The summed E-state index contributed by atoms with van der Waals surface area (Å²) in [5.41, 5.74) is 5.12. The summed E-state index contributed by atoms with van der Waals surface area (Å²) in [6.45, 7) is 6.08. The number of aliphatic carboxylic acids is 1. The molecule has 1 heterocycles. The Balaban J connectivity index is 1.57. The molecule has 38 heavy (non-hydrogen) atoms. The fraction of sp³-hybridized carbons (Fsp3) is 0.333. The van der Waals surface area contributed by atoms with Crippen molar-refractivity contribution in [1.29, 1.82) is 0 Å². The molecular weight excluding hydrogens is 482 g/mol. The number of esters is 1. The molecule has 0 fully saturated rings. The summed E-state index contributed by atoms with van der Waals surface area (Å²) in [5.74, 6) is -1.25. The number of aryl methyl sites for hydroxylation is 3. The van der Waals surface area contributed by atoms with Gasteiger partial charge in [-0.05, 0) is 66.1 Å². The maximum atomic E-state index is 12.8. The van der Waals surface area contributed by atoms with Crippen LogP contribution in [0, 0.1) is 13.8 Å². The van der Waals surface area contributed by atoms with Gasteiger partial charge < -0.3 is 14.9 Å². The summed E-state index contributed by atoms with van der Waals surface area (Å²) in [6, 6.07) is 18.9. The van der Waals surface area contributed by atoms with Crippen LogP contribution in [0.3, 0.4) is 0 Å². The number of carbonyl (C=O) groups is 2. The second-order valence-electron chi connectivity index (χ2n) is 9.65. The van der Waals surface area contributed by atoms with E-state index in [1.807, 2.05) is 81.4 Å². The zero-order valence-corrected chi connectivity index (χ0v) is 22.0. The lowest BCUT2D eigenvalue weighted by molar-refractivity contribution is -0.145. The number of aliphatic hydroxyl groups is 1. The lowest BCUT2D eigenvalue weighted by Gasteiger charge is -2.31. The fourth-order valence-electron chi connectivity index (χ4n) is 4.96. The van der Waals surface area contributed by atoms with E-state index in [2.05, 4.69) is 10.3 Å². The maximum Gasteiger partial charge on any atom is 0.314 e. The first-order chi connectivity index (χ1) is 18.3. The molecule has 0 bridgehead atoms. The summed E-state index contributed by atoms with van der Waals surface area (Å²) in [5, 5.41) is 28.7. The number of fused-ring (bicyclic) bond motifs is 1. The number of benzene rings is 3. The lowest BCUT2D eigenvalue weighted by Crippen LogP contribution is -2.38. The smallest absolute Gasteiger partial charge is 0.314 e. The van der Waals surface area contributed by atoms with Gasteiger partial charge in [0.05, 0.1) is 30.5 Å². The van der Waals surface area contributed by atoms with Crippen LogP contribution in [-0.2, 0) is 45.9 Å². The SMILES string of the molecule is CCC(Cc1ccc(C)c(CO)c1)(C(=O)O)c1ccc2c(nnn2CCC(=O)OCc2ccccc2)c1C. The van der Waals surface area contributed by atoms with Gasteiger partial charge in [-0.3, -0.25) is 9.59 Å². The highest BCUT2D eigenvalue weighted by atomic mass is 16.5. The van der Waals surface area contributed by atoms with Gasteiger partial charge in [-0.15, -0.1) is 5.10 Å². The van der Waals surface area contributed by atoms with Crippen LogP contribution in [0.1, 0.15) is 53.1 Å².